The van der Waals surface area contributed by atoms with Gasteiger partial charge in [0.05, 0.1) is 17.7 Å². The van der Waals surface area contributed by atoms with Crippen molar-refractivity contribution in [2.45, 2.75) is 31.4 Å². The Morgan fingerprint density at radius 2 is 2.22 bits per heavy atom. The van der Waals surface area contributed by atoms with Crippen molar-refractivity contribution in [3.63, 3.8) is 0 Å². The Bertz CT molecular complexity index is 445. The van der Waals surface area contributed by atoms with Gasteiger partial charge in [-0.3, -0.25) is 4.79 Å². The van der Waals surface area contributed by atoms with Gasteiger partial charge in [-0.2, -0.15) is 0 Å². The van der Waals surface area contributed by atoms with E-state index in [-0.39, 0.29) is 18.1 Å². The summed E-state index contributed by atoms with van der Waals surface area (Å²) >= 11 is 5.70. The molecule has 2 atom stereocenters. The molecule has 96 valence electrons. The number of ether oxygens (including phenoxy) is 1. The predicted molar refractivity (Wildman–Crippen MR) is 67.6 cm³/mol. The van der Waals surface area contributed by atoms with Gasteiger partial charge in [-0.05, 0) is 37.3 Å². The second kappa shape index (κ2) is 4.86. The Labute approximate surface area is 111 Å². The second-order valence-corrected chi connectivity index (χ2v) is 5.30. The van der Waals surface area contributed by atoms with Crippen LogP contribution in [0.1, 0.15) is 29.6 Å². The number of pyridine rings is 1. The van der Waals surface area contributed by atoms with Crippen LogP contribution in [0.3, 0.4) is 0 Å². The van der Waals surface area contributed by atoms with Crippen LogP contribution in [-0.4, -0.2) is 29.6 Å². The van der Waals surface area contributed by atoms with Crippen LogP contribution in [0.25, 0.3) is 0 Å². The standard InChI is InChI=1S/C13H15ClN2O2/c14-11-4-3-9(7-15-11)13(17)16-10-5-6-18-12(10)8-1-2-8/h3-4,7-8,10,12H,1-2,5-6H2,(H,16,17). The molecular weight excluding hydrogens is 252 g/mol. The summed E-state index contributed by atoms with van der Waals surface area (Å²) in [6.07, 6.45) is 5.04. The summed E-state index contributed by atoms with van der Waals surface area (Å²) in [5.74, 6) is 0.543. The van der Waals surface area contributed by atoms with Crippen molar-refractivity contribution in [3.05, 3.63) is 29.0 Å². The van der Waals surface area contributed by atoms with Crippen molar-refractivity contribution in [2.75, 3.05) is 6.61 Å². The Morgan fingerprint density at radius 1 is 1.39 bits per heavy atom. The van der Waals surface area contributed by atoms with E-state index in [1.165, 1.54) is 19.0 Å². The first-order valence-electron chi connectivity index (χ1n) is 6.28. The molecule has 1 N–H and O–H groups in total. The molecule has 18 heavy (non-hydrogen) atoms. The molecule has 1 aromatic rings. The molecule has 2 aliphatic rings. The molecule has 0 bridgehead atoms. The first kappa shape index (κ1) is 11.9. The number of carbonyl (C=O) groups is 1. The van der Waals surface area contributed by atoms with Crippen molar-refractivity contribution in [1.82, 2.24) is 10.3 Å². The number of hydrogen-bond donors (Lipinski definition) is 1. The molecule has 0 spiro atoms. The number of aromatic nitrogens is 1. The Hall–Kier alpha value is -1.13. The lowest BCUT2D eigenvalue weighted by Gasteiger charge is -2.19. The maximum Gasteiger partial charge on any atom is 0.253 e. The average molecular weight is 267 g/mol. The lowest BCUT2D eigenvalue weighted by molar-refractivity contribution is 0.0729. The molecule has 5 heteroatoms. The molecule has 1 aliphatic heterocycles. The number of hydrogen-bond acceptors (Lipinski definition) is 3. The average Bonchev–Trinajstić information content (AvgIpc) is 3.11. The maximum absolute atomic E-state index is 12.1. The van der Waals surface area contributed by atoms with Crippen LogP contribution in [0, 0.1) is 5.92 Å². The van der Waals surface area contributed by atoms with Crippen molar-refractivity contribution in [3.8, 4) is 0 Å². The lowest BCUT2D eigenvalue weighted by atomic mass is 10.1. The van der Waals surface area contributed by atoms with Gasteiger partial charge >= 0.3 is 0 Å². The topological polar surface area (TPSA) is 51.2 Å². The van der Waals surface area contributed by atoms with E-state index in [1.54, 1.807) is 12.1 Å². The molecular formula is C13H15ClN2O2. The minimum Gasteiger partial charge on any atom is -0.376 e. The van der Waals surface area contributed by atoms with Crippen LogP contribution in [0.2, 0.25) is 5.15 Å². The predicted octanol–water partition coefficient (Wildman–Crippen LogP) is 2.03. The van der Waals surface area contributed by atoms with E-state index in [1.807, 2.05) is 0 Å². The quantitative estimate of drug-likeness (QED) is 0.852. The molecule has 1 amide bonds. The van der Waals surface area contributed by atoms with Crippen molar-refractivity contribution < 1.29 is 9.53 Å². The van der Waals surface area contributed by atoms with Crippen LogP contribution in [0.4, 0.5) is 0 Å². The first-order chi connectivity index (χ1) is 8.74. The van der Waals surface area contributed by atoms with E-state index in [9.17, 15) is 4.79 Å². The van der Waals surface area contributed by atoms with Crippen LogP contribution >= 0.6 is 11.6 Å². The van der Waals surface area contributed by atoms with Gasteiger partial charge in [0.15, 0.2) is 0 Å². The van der Waals surface area contributed by atoms with Gasteiger partial charge in [0.1, 0.15) is 5.15 Å². The molecule has 2 fully saturated rings. The zero-order chi connectivity index (χ0) is 12.5. The summed E-state index contributed by atoms with van der Waals surface area (Å²) in [7, 11) is 0. The third-order valence-corrected chi connectivity index (χ3v) is 3.75. The van der Waals surface area contributed by atoms with Crippen LogP contribution in [0.15, 0.2) is 18.3 Å². The minimum atomic E-state index is -0.0969. The highest BCUT2D eigenvalue weighted by Crippen LogP contribution is 2.38. The van der Waals surface area contributed by atoms with Crippen molar-refractivity contribution >= 4 is 17.5 Å². The van der Waals surface area contributed by atoms with Crippen molar-refractivity contribution in [1.29, 1.82) is 0 Å². The van der Waals surface area contributed by atoms with E-state index in [0.29, 0.717) is 16.6 Å². The SMILES string of the molecule is O=C(NC1CCOC1C1CC1)c1ccc(Cl)nc1. The maximum atomic E-state index is 12.1. The van der Waals surface area contributed by atoms with Gasteiger partial charge in [-0.25, -0.2) is 4.98 Å². The number of nitrogens with one attached hydrogen (secondary N) is 1. The highest BCUT2D eigenvalue weighted by atomic mass is 35.5. The summed E-state index contributed by atoms with van der Waals surface area (Å²) in [5.41, 5.74) is 0.542. The van der Waals surface area contributed by atoms with Crippen LogP contribution < -0.4 is 5.32 Å². The fraction of sp³-hybridized carbons (Fsp3) is 0.538. The molecule has 0 aromatic carbocycles. The summed E-state index contributed by atoms with van der Waals surface area (Å²) in [5, 5.41) is 3.43. The molecule has 2 unspecified atom stereocenters. The van der Waals surface area contributed by atoms with Crippen LogP contribution in [-0.2, 0) is 4.74 Å². The fourth-order valence-corrected chi connectivity index (χ4v) is 2.53. The normalized spacial score (nSPS) is 27.2. The molecule has 1 aliphatic carbocycles. The molecule has 0 radical (unpaired) electrons. The monoisotopic (exact) mass is 266 g/mol. The molecule has 1 saturated heterocycles. The summed E-state index contributed by atoms with van der Waals surface area (Å²) < 4.78 is 5.69. The van der Waals surface area contributed by atoms with Gasteiger partial charge in [-0.1, -0.05) is 11.6 Å². The van der Waals surface area contributed by atoms with Gasteiger partial charge in [0, 0.05) is 12.8 Å². The van der Waals surface area contributed by atoms with Gasteiger partial charge in [-0.15, -0.1) is 0 Å². The van der Waals surface area contributed by atoms with E-state index < -0.39 is 0 Å². The first-order valence-corrected chi connectivity index (χ1v) is 6.66. The number of nitrogens with zero attached hydrogens (tertiary/aromatic N) is 1. The molecule has 1 saturated carbocycles. The van der Waals surface area contributed by atoms with E-state index in [2.05, 4.69) is 10.3 Å². The van der Waals surface area contributed by atoms with Crippen molar-refractivity contribution in [2.24, 2.45) is 5.92 Å². The largest absolute Gasteiger partial charge is 0.376 e. The number of halogens is 1. The summed E-state index contributed by atoms with van der Waals surface area (Å²) in [4.78, 5) is 16.0. The third-order valence-electron chi connectivity index (χ3n) is 3.53. The summed E-state index contributed by atoms with van der Waals surface area (Å²) in [6, 6.07) is 3.45. The Kier molecular flexibility index (Phi) is 3.22. The molecule has 1 aromatic heterocycles. The molecule has 4 nitrogen and oxygen atoms in total. The Balaban J connectivity index is 1.64. The minimum absolute atomic E-state index is 0.0969. The van der Waals surface area contributed by atoms with E-state index in [0.717, 1.165) is 13.0 Å². The van der Waals surface area contributed by atoms with Crippen LogP contribution in [0.5, 0.6) is 0 Å². The highest BCUT2D eigenvalue weighted by molar-refractivity contribution is 6.29. The van der Waals surface area contributed by atoms with E-state index in [4.69, 9.17) is 16.3 Å². The second-order valence-electron chi connectivity index (χ2n) is 4.91. The smallest absolute Gasteiger partial charge is 0.253 e. The number of carbonyl (C=O) groups excluding carboxylic acids is 1. The molecule has 3 rings (SSSR count). The lowest BCUT2D eigenvalue weighted by Crippen LogP contribution is -2.41. The number of rotatable bonds is 3. The number of amides is 1. The van der Waals surface area contributed by atoms with E-state index >= 15 is 0 Å². The van der Waals surface area contributed by atoms with Gasteiger partial charge < -0.3 is 10.1 Å². The van der Waals surface area contributed by atoms with Gasteiger partial charge in [0.25, 0.3) is 5.91 Å². The zero-order valence-corrected chi connectivity index (χ0v) is 10.7. The highest BCUT2D eigenvalue weighted by Gasteiger charge is 2.41. The fourth-order valence-electron chi connectivity index (χ4n) is 2.42. The zero-order valence-electron chi connectivity index (χ0n) is 9.93. The Morgan fingerprint density at radius 3 is 2.89 bits per heavy atom. The third kappa shape index (κ3) is 2.49. The van der Waals surface area contributed by atoms with Gasteiger partial charge in [0.2, 0.25) is 0 Å². The molecule has 2 heterocycles. The summed E-state index contributed by atoms with van der Waals surface area (Å²) in [6.45, 7) is 0.741.